The second-order valence-electron chi connectivity index (χ2n) is 5.01. The van der Waals surface area contributed by atoms with Gasteiger partial charge in [-0.15, -0.1) is 11.3 Å². The Bertz CT molecular complexity index is 657. The smallest absolute Gasteiger partial charge is 0.267 e. The minimum atomic E-state index is -3.49. The number of piperidine rings is 1. The normalized spacial score (nSPS) is 20.3. The van der Waals surface area contributed by atoms with Gasteiger partial charge in [-0.05, 0) is 44.0 Å². The SMILES string of the molecule is O=S(=O)(NC[C@H]1CCCNC1)c1nc2ccccc2s1. The Labute approximate surface area is 122 Å². The van der Waals surface area contributed by atoms with E-state index in [-0.39, 0.29) is 4.34 Å². The van der Waals surface area contributed by atoms with Gasteiger partial charge in [-0.1, -0.05) is 12.1 Å². The van der Waals surface area contributed by atoms with Gasteiger partial charge in [-0.25, -0.2) is 18.1 Å². The van der Waals surface area contributed by atoms with Crippen molar-refractivity contribution in [2.24, 2.45) is 5.92 Å². The van der Waals surface area contributed by atoms with Crippen molar-refractivity contribution < 1.29 is 8.42 Å². The molecule has 0 spiro atoms. The van der Waals surface area contributed by atoms with Crippen LogP contribution in [0.4, 0.5) is 0 Å². The lowest BCUT2D eigenvalue weighted by Crippen LogP contribution is -2.38. The van der Waals surface area contributed by atoms with Gasteiger partial charge in [-0.3, -0.25) is 0 Å². The summed E-state index contributed by atoms with van der Waals surface area (Å²) in [4.78, 5) is 4.20. The van der Waals surface area contributed by atoms with Crippen LogP contribution in [0, 0.1) is 5.92 Å². The highest BCUT2D eigenvalue weighted by molar-refractivity contribution is 7.91. The minimum absolute atomic E-state index is 0.155. The van der Waals surface area contributed by atoms with Crippen molar-refractivity contribution in [3.05, 3.63) is 24.3 Å². The first-order valence-electron chi connectivity index (χ1n) is 6.71. The third kappa shape index (κ3) is 3.01. The predicted octanol–water partition coefficient (Wildman–Crippen LogP) is 1.57. The molecule has 2 N–H and O–H groups in total. The number of hydrogen-bond donors (Lipinski definition) is 2. The summed E-state index contributed by atoms with van der Waals surface area (Å²) in [6.45, 7) is 2.38. The van der Waals surface area contributed by atoms with Crippen LogP contribution in [-0.2, 0) is 10.0 Å². The Morgan fingerprint density at radius 1 is 1.40 bits per heavy atom. The summed E-state index contributed by atoms with van der Waals surface area (Å²) >= 11 is 1.21. The fraction of sp³-hybridized carbons (Fsp3) is 0.462. The molecule has 0 aliphatic carbocycles. The third-order valence-corrected chi connectivity index (χ3v) is 6.30. The number of hydrogen-bond acceptors (Lipinski definition) is 5. The highest BCUT2D eigenvalue weighted by Crippen LogP contribution is 2.25. The average molecular weight is 311 g/mol. The van der Waals surface area contributed by atoms with E-state index in [1.807, 2.05) is 24.3 Å². The van der Waals surface area contributed by atoms with Crippen molar-refractivity contribution in [3.63, 3.8) is 0 Å². The quantitative estimate of drug-likeness (QED) is 0.899. The number of benzene rings is 1. The first-order valence-corrected chi connectivity index (χ1v) is 9.01. The maximum atomic E-state index is 12.3. The second kappa shape index (κ2) is 5.77. The zero-order valence-electron chi connectivity index (χ0n) is 11.0. The Morgan fingerprint density at radius 3 is 3.00 bits per heavy atom. The summed E-state index contributed by atoms with van der Waals surface area (Å²) in [6.07, 6.45) is 2.17. The first kappa shape index (κ1) is 13.9. The van der Waals surface area contributed by atoms with Crippen LogP contribution in [-0.4, -0.2) is 33.0 Å². The van der Waals surface area contributed by atoms with Gasteiger partial charge in [0, 0.05) is 6.54 Å². The molecule has 1 aliphatic rings. The van der Waals surface area contributed by atoms with E-state index in [0.717, 1.165) is 36.1 Å². The molecule has 2 aromatic rings. The molecule has 3 rings (SSSR count). The zero-order chi connectivity index (χ0) is 14.0. The van der Waals surface area contributed by atoms with E-state index in [1.165, 1.54) is 11.3 Å². The molecule has 1 aromatic heterocycles. The predicted molar refractivity (Wildman–Crippen MR) is 80.4 cm³/mol. The van der Waals surface area contributed by atoms with E-state index in [0.29, 0.717) is 12.5 Å². The van der Waals surface area contributed by atoms with Gasteiger partial charge in [0.25, 0.3) is 10.0 Å². The number of rotatable bonds is 4. The van der Waals surface area contributed by atoms with E-state index in [4.69, 9.17) is 0 Å². The van der Waals surface area contributed by atoms with Crippen LogP contribution < -0.4 is 10.0 Å². The topological polar surface area (TPSA) is 71.1 Å². The first-order chi connectivity index (χ1) is 9.65. The van der Waals surface area contributed by atoms with Crippen molar-refractivity contribution in [1.82, 2.24) is 15.0 Å². The van der Waals surface area contributed by atoms with Crippen molar-refractivity contribution in [2.75, 3.05) is 19.6 Å². The van der Waals surface area contributed by atoms with Crippen LogP contribution in [0.3, 0.4) is 0 Å². The van der Waals surface area contributed by atoms with Crippen molar-refractivity contribution in [3.8, 4) is 0 Å². The molecule has 1 saturated heterocycles. The number of fused-ring (bicyclic) bond motifs is 1. The van der Waals surface area contributed by atoms with Crippen molar-refractivity contribution >= 4 is 31.6 Å². The molecule has 0 unspecified atom stereocenters. The fourth-order valence-electron chi connectivity index (χ4n) is 2.35. The number of sulfonamides is 1. The molecule has 0 saturated carbocycles. The van der Waals surface area contributed by atoms with Crippen LogP contribution in [0.5, 0.6) is 0 Å². The Kier molecular flexibility index (Phi) is 4.02. The Balaban J connectivity index is 1.73. The van der Waals surface area contributed by atoms with E-state index >= 15 is 0 Å². The lowest BCUT2D eigenvalue weighted by atomic mass is 10.0. The van der Waals surface area contributed by atoms with E-state index < -0.39 is 10.0 Å². The summed E-state index contributed by atoms with van der Waals surface area (Å²) in [5.41, 5.74) is 0.734. The van der Waals surface area contributed by atoms with Gasteiger partial charge < -0.3 is 5.32 Å². The molecule has 5 nitrogen and oxygen atoms in total. The molecule has 1 fully saturated rings. The molecule has 1 atom stereocenters. The molecule has 1 aromatic carbocycles. The molecule has 7 heteroatoms. The van der Waals surface area contributed by atoms with Gasteiger partial charge in [0.15, 0.2) is 0 Å². The molecule has 20 heavy (non-hydrogen) atoms. The Hall–Kier alpha value is -1.02. The van der Waals surface area contributed by atoms with Gasteiger partial charge in [-0.2, -0.15) is 0 Å². The summed E-state index contributed by atoms with van der Waals surface area (Å²) < 4.78 is 28.3. The van der Waals surface area contributed by atoms with Crippen LogP contribution >= 0.6 is 11.3 Å². The summed E-state index contributed by atoms with van der Waals surface area (Å²) in [6, 6.07) is 7.46. The molecular weight excluding hydrogens is 294 g/mol. The van der Waals surface area contributed by atoms with Crippen molar-refractivity contribution in [1.29, 1.82) is 0 Å². The summed E-state index contributed by atoms with van der Waals surface area (Å²) in [5, 5.41) is 3.28. The van der Waals surface area contributed by atoms with Gasteiger partial charge >= 0.3 is 0 Å². The van der Waals surface area contributed by atoms with Crippen LogP contribution in [0.1, 0.15) is 12.8 Å². The van der Waals surface area contributed by atoms with Crippen LogP contribution in [0.2, 0.25) is 0 Å². The molecular formula is C13H17N3O2S2. The number of nitrogens with zero attached hydrogens (tertiary/aromatic N) is 1. The lowest BCUT2D eigenvalue weighted by molar-refractivity contribution is 0.376. The number of nitrogens with one attached hydrogen (secondary N) is 2. The zero-order valence-corrected chi connectivity index (χ0v) is 12.6. The number of thiazole rings is 1. The van der Waals surface area contributed by atoms with E-state index in [1.54, 1.807) is 0 Å². The highest BCUT2D eigenvalue weighted by Gasteiger charge is 2.21. The monoisotopic (exact) mass is 311 g/mol. The maximum Gasteiger partial charge on any atom is 0.267 e. The summed E-state index contributed by atoms with van der Waals surface area (Å²) in [5.74, 6) is 0.368. The number of aromatic nitrogens is 1. The standard InChI is InChI=1S/C13H17N3O2S2/c17-20(18,15-9-10-4-3-7-14-8-10)13-16-11-5-1-2-6-12(11)19-13/h1-2,5-6,10,14-15H,3-4,7-9H2/t10-/m0/s1. The molecule has 0 radical (unpaired) electrons. The van der Waals surface area contributed by atoms with Gasteiger partial charge in [0.1, 0.15) is 0 Å². The van der Waals surface area contributed by atoms with Gasteiger partial charge in [0.05, 0.1) is 10.2 Å². The largest absolute Gasteiger partial charge is 0.316 e. The minimum Gasteiger partial charge on any atom is -0.316 e. The fourth-order valence-corrected chi connectivity index (χ4v) is 4.73. The maximum absolute atomic E-state index is 12.3. The lowest BCUT2D eigenvalue weighted by Gasteiger charge is -2.22. The summed E-state index contributed by atoms with van der Waals surface area (Å²) in [7, 11) is -3.49. The molecule has 108 valence electrons. The van der Waals surface area contributed by atoms with E-state index in [2.05, 4.69) is 15.0 Å². The van der Waals surface area contributed by atoms with Crippen LogP contribution in [0.15, 0.2) is 28.6 Å². The van der Waals surface area contributed by atoms with Gasteiger partial charge in [0.2, 0.25) is 4.34 Å². The molecule has 0 amide bonds. The molecule has 2 heterocycles. The second-order valence-corrected chi connectivity index (χ2v) is 7.98. The highest BCUT2D eigenvalue weighted by atomic mass is 32.2. The van der Waals surface area contributed by atoms with Crippen LogP contribution in [0.25, 0.3) is 10.2 Å². The molecule has 0 bridgehead atoms. The van der Waals surface area contributed by atoms with Crippen molar-refractivity contribution in [2.45, 2.75) is 17.2 Å². The average Bonchev–Trinajstić information content (AvgIpc) is 2.91. The third-order valence-electron chi connectivity index (χ3n) is 3.47. The molecule has 1 aliphatic heterocycles. The Morgan fingerprint density at radius 2 is 2.25 bits per heavy atom. The number of para-hydroxylation sites is 1. The van der Waals surface area contributed by atoms with E-state index in [9.17, 15) is 8.42 Å².